The number of nitrogens with one attached hydrogen (secondary N) is 1. The molecule has 1 saturated carbocycles. The molecular weight excluding hydrogens is 184 g/mol. The summed E-state index contributed by atoms with van der Waals surface area (Å²) in [5.74, 6) is 7.34. The van der Waals surface area contributed by atoms with Crippen molar-refractivity contribution >= 4 is 12.2 Å². The number of aromatic nitrogens is 3. The van der Waals surface area contributed by atoms with E-state index in [1.165, 1.54) is 30.4 Å². The minimum atomic E-state index is 0.507. The Kier molecular flexibility index (Phi) is 2.35. The number of nitrogens with zero attached hydrogens (tertiary/aromatic N) is 2. The highest BCUT2D eigenvalue weighted by molar-refractivity contribution is 7.71. The molecule has 1 fully saturated rings. The molecule has 0 amide bonds. The number of nitrogens with two attached hydrogens (primary N) is 1. The average molecular weight is 198 g/mol. The molecule has 0 bridgehead atoms. The molecule has 1 aromatic rings. The predicted molar refractivity (Wildman–Crippen MR) is 53.2 cm³/mol. The Morgan fingerprint density at radius 2 is 2.23 bits per heavy atom. The van der Waals surface area contributed by atoms with Crippen LogP contribution in [0, 0.1) is 10.7 Å². The minimum Gasteiger partial charge on any atom is -0.335 e. The molecule has 0 aliphatic heterocycles. The predicted octanol–water partition coefficient (Wildman–Crippen LogP) is 1.39. The fourth-order valence-electron chi connectivity index (χ4n) is 1.95. The monoisotopic (exact) mass is 198 g/mol. The summed E-state index contributed by atoms with van der Waals surface area (Å²) in [6.45, 7) is 0. The Balaban J connectivity index is 2.08. The molecule has 0 saturated heterocycles. The molecule has 1 aromatic heterocycles. The third-order valence-electron chi connectivity index (χ3n) is 2.72. The van der Waals surface area contributed by atoms with Gasteiger partial charge in [-0.15, -0.1) is 0 Å². The van der Waals surface area contributed by atoms with Gasteiger partial charge in [0.15, 0.2) is 5.82 Å². The van der Waals surface area contributed by atoms with E-state index in [1.54, 1.807) is 0 Å². The van der Waals surface area contributed by atoms with Gasteiger partial charge >= 0.3 is 0 Å². The van der Waals surface area contributed by atoms with Crippen LogP contribution >= 0.6 is 12.2 Å². The van der Waals surface area contributed by atoms with E-state index in [0.717, 1.165) is 18.2 Å². The lowest BCUT2D eigenvalue weighted by Gasteiger charge is -2.06. The number of H-pyrrole nitrogens is 1. The van der Waals surface area contributed by atoms with Crippen molar-refractivity contribution in [3.05, 3.63) is 10.6 Å². The number of hydrogen-bond acceptors (Lipinski definition) is 3. The molecule has 13 heavy (non-hydrogen) atoms. The molecule has 0 spiro atoms. The van der Waals surface area contributed by atoms with Gasteiger partial charge in [0.25, 0.3) is 0 Å². The Morgan fingerprint density at radius 3 is 2.77 bits per heavy atom. The van der Waals surface area contributed by atoms with Crippen LogP contribution in [0.25, 0.3) is 0 Å². The van der Waals surface area contributed by atoms with Crippen LogP contribution in [0.2, 0.25) is 0 Å². The molecule has 1 heterocycles. The Hall–Kier alpha value is -0.840. The fraction of sp³-hybridized carbons (Fsp3) is 0.750. The van der Waals surface area contributed by atoms with E-state index in [4.69, 9.17) is 18.1 Å². The van der Waals surface area contributed by atoms with Gasteiger partial charge in [0.2, 0.25) is 4.77 Å². The zero-order chi connectivity index (χ0) is 9.26. The summed E-state index contributed by atoms with van der Waals surface area (Å²) in [6, 6.07) is 0. The molecule has 2 rings (SSSR count). The Morgan fingerprint density at radius 1 is 1.54 bits per heavy atom. The van der Waals surface area contributed by atoms with E-state index in [9.17, 15) is 0 Å². The summed E-state index contributed by atoms with van der Waals surface area (Å²) >= 11 is 4.93. The lowest BCUT2D eigenvalue weighted by molar-refractivity contribution is 0.523. The largest absolute Gasteiger partial charge is 0.335 e. The van der Waals surface area contributed by atoms with Crippen molar-refractivity contribution in [2.75, 3.05) is 5.84 Å². The Labute approximate surface area is 82.1 Å². The summed E-state index contributed by atoms with van der Waals surface area (Å²) in [4.78, 5) is 0. The molecule has 1 aliphatic carbocycles. The summed E-state index contributed by atoms with van der Waals surface area (Å²) in [6.07, 6.45) is 6.27. The van der Waals surface area contributed by atoms with Crippen molar-refractivity contribution < 1.29 is 0 Å². The topological polar surface area (TPSA) is 59.6 Å². The number of rotatable bonds is 2. The molecule has 5 heteroatoms. The van der Waals surface area contributed by atoms with Gasteiger partial charge in [-0.1, -0.05) is 25.7 Å². The van der Waals surface area contributed by atoms with Gasteiger partial charge in [-0.25, -0.2) is 4.68 Å². The van der Waals surface area contributed by atoms with Crippen LogP contribution in [-0.4, -0.2) is 14.9 Å². The van der Waals surface area contributed by atoms with Crippen molar-refractivity contribution in [1.82, 2.24) is 14.9 Å². The molecule has 3 N–H and O–H groups in total. The molecule has 4 nitrogen and oxygen atoms in total. The zero-order valence-electron chi connectivity index (χ0n) is 7.49. The first-order valence-corrected chi connectivity index (χ1v) is 5.09. The van der Waals surface area contributed by atoms with E-state index >= 15 is 0 Å². The number of hydrogen-bond donors (Lipinski definition) is 2. The highest BCUT2D eigenvalue weighted by Gasteiger charge is 2.17. The minimum absolute atomic E-state index is 0.507. The standard InChI is InChI=1S/C8H14N4S/c9-12-7(10-11-8(12)13)5-6-3-1-2-4-6/h6H,1-5,9H2,(H,11,13). The van der Waals surface area contributed by atoms with Gasteiger partial charge in [0, 0.05) is 6.42 Å². The lowest BCUT2D eigenvalue weighted by atomic mass is 10.0. The van der Waals surface area contributed by atoms with Crippen molar-refractivity contribution in [3.63, 3.8) is 0 Å². The van der Waals surface area contributed by atoms with Gasteiger partial charge in [-0.05, 0) is 18.1 Å². The second kappa shape index (κ2) is 3.49. The lowest BCUT2D eigenvalue weighted by Crippen LogP contribution is -2.15. The van der Waals surface area contributed by atoms with Crippen LogP contribution < -0.4 is 5.84 Å². The maximum absolute atomic E-state index is 5.70. The van der Waals surface area contributed by atoms with Gasteiger partial charge in [0.05, 0.1) is 0 Å². The summed E-state index contributed by atoms with van der Waals surface area (Å²) < 4.78 is 1.99. The zero-order valence-corrected chi connectivity index (χ0v) is 8.31. The van der Waals surface area contributed by atoms with Crippen LogP contribution in [0.5, 0.6) is 0 Å². The second-order valence-electron chi connectivity index (χ2n) is 3.67. The van der Waals surface area contributed by atoms with Crippen LogP contribution in [0.1, 0.15) is 31.5 Å². The maximum atomic E-state index is 5.70. The Bertz CT molecular complexity index is 334. The average Bonchev–Trinajstić information content (AvgIpc) is 2.71. The fourth-order valence-corrected chi connectivity index (χ4v) is 2.10. The summed E-state index contributed by atoms with van der Waals surface area (Å²) in [5.41, 5.74) is 0. The first-order valence-electron chi connectivity index (χ1n) is 4.69. The molecular formula is C8H14N4S. The van der Waals surface area contributed by atoms with Crippen LogP contribution in [0.4, 0.5) is 0 Å². The quantitative estimate of drug-likeness (QED) is 0.557. The second-order valence-corrected chi connectivity index (χ2v) is 4.06. The third-order valence-corrected chi connectivity index (χ3v) is 3.01. The smallest absolute Gasteiger partial charge is 0.214 e. The molecule has 72 valence electrons. The highest BCUT2D eigenvalue weighted by atomic mass is 32.1. The van der Waals surface area contributed by atoms with Crippen LogP contribution in [-0.2, 0) is 6.42 Å². The van der Waals surface area contributed by atoms with Gasteiger partial charge in [0.1, 0.15) is 0 Å². The highest BCUT2D eigenvalue weighted by Crippen LogP contribution is 2.27. The SMILES string of the molecule is Nn1c(CC2CCCC2)n[nH]c1=S. The molecule has 0 radical (unpaired) electrons. The summed E-state index contributed by atoms with van der Waals surface area (Å²) in [5, 5.41) is 6.80. The van der Waals surface area contributed by atoms with E-state index in [0.29, 0.717) is 4.77 Å². The first kappa shape index (κ1) is 8.74. The van der Waals surface area contributed by atoms with Gasteiger partial charge in [-0.3, -0.25) is 5.10 Å². The van der Waals surface area contributed by atoms with E-state index < -0.39 is 0 Å². The maximum Gasteiger partial charge on any atom is 0.214 e. The molecule has 0 atom stereocenters. The van der Waals surface area contributed by atoms with Crippen molar-refractivity contribution in [2.45, 2.75) is 32.1 Å². The van der Waals surface area contributed by atoms with Crippen molar-refractivity contribution in [3.8, 4) is 0 Å². The van der Waals surface area contributed by atoms with Crippen molar-refractivity contribution in [1.29, 1.82) is 0 Å². The first-order chi connectivity index (χ1) is 6.27. The van der Waals surface area contributed by atoms with Gasteiger partial charge in [-0.2, -0.15) is 5.10 Å². The van der Waals surface area contributed by atoms with E-state index in [-0.39, 0.29) is 0 Å². The van der Waals surface area contributed by atoms with E-state index in [1.807, 2.05) is 0 Å². The van der Waals surface area contributed by atoms with Gasteiger partial charge < -0.3 is 5.84 Å². The molecule has 1 aliphatic rings. The molecule has 0 aromatic carbocycles. The number of aromatic amines is 1. The molecule has 0 unspecified atom stereocenters. The van der Waals surface area contributed by atoms with Crippen LogP contribution in [0.15, 0.2) is 0 Å². The van der Waals surface area contributed by atoms with Crippen LogP contribution in [0.3, 0.4) is 0 Å². The summed E-state index contributed by atoms with van der Waals surface area (Å²) in [7, 11) is 0. The van der Waals surface area contributed by atoms with E-state index in [2.05, 4.69) is 10.2 Å². The third kappa shape index (κ3) is 1.75. The number of nitrogen functional groups attached to an aromatic ring is 1. The van der Waals surface area contributed by atoms with Crippen molar-refractivity contribution in [2.24, 2.45) is 5.92 Å². The normalized spacial score (nSPS) is 18.2.